The van der Waals surface area contributed by atoms with Crippen LogP contribution in [0.4, 0.5) is 4.39 Å². The molecule has 5 heteroatoms. The number of rotatable bonds is 5. The molecular weight excluding hydrogens is 343 g/mol. The van der Waals surface area contributed by atoms with Crippen LogP contribution in [0.3, 0.4) is 0 Å². The van der Waals surface area contributed by atoms with Crippen LogP contribution in [0.2, 0.25) is 0 Å². The summed E-state index contributed by atoms with van der Waals surface area (Å²) in [6, 6.07) is 15.7. The standard InChI is InChI=1S/C22H21FN2O2/c23-18-6-3-4-14(8-18)9-21(27)25-22(16-11-19(26)12-16)17-10-15-5-1-2-7-20(15)24-13-17/h1-8,10,13,16,19,22,26H,9,11-12H2,(H,25,27). The number of pyridine rings is 1. The fraction of sp³-hybridized carbons (Fsp3) is 0.273. The fourth-order valence-corrected chi connectivity index (χ4v) is 3.69. The molecule has 3 aromatic rings. The Kier molecular flexibility index (Phi) is 4.86. The molecule has 4 rings (SSSR count). The first kappa shape index (κ1) is 17.6. The summed E-state index contributed by atoms with van der Waals surface area (Å²) in [4.78, 5) is 17.1. The first-order valence-electron chi connectivity index (χ1n) is 9.15. The summed E-state index contributed by atoms with van der Waals surface area (Å²) in [5, 5.41) is 13.8. The predicted molar refractivity (Wildman–Crippen MR) is 101 cm³/mol. The molecule has 0 radical (unpaired) electrons. The molecular formula is C22H21FN2O2. The second-order valence-corrected chi connectivity index (χ2v) is 7.20. The summed E-state index contributed by atoms with van der Waals surface area (Å²) in [5.74, 6) is -0.350. The van der Waals surface area contributed by atoms with E-state index in [4.69, 9.17) is 0 Å². The molecule has 4 nitrogen and oxygen atoms in total. The zero-order valence-electron chi connectivity index (χ0n) is 14.8. The van der Waals surface area contributed by atoms with Gasteiger partial charge >= 0.3 is 0 Å². The van der Waals surface area contributed by atoms with E-state index in [1.807, 2.05) is 30.3 Å². The number of hydrogen-bond donors (Lipinski definition) is 2. The number of carbonyl (C=O) groups excluding carboxylic acids is 1. The molecule has 0 saturated heterocycles. The minimum atomic E-state index is -0.349. The van der Waals surface area contributed by atoms with Crippen LogP contribution in [0.5, 0.6) is 0 Å². The zero-order chi connectivity index (χ0) is 18.8. The van der Waals surface area contributed by atoms with Gasteiger partial charge in [0.25, 0.3) is 0 Å². The normalized spacial score (nSPS) is 20.1. The minimum absolute atomic E-state index is 0.116. The largest absolute Gasteiger partial charge is 0.393 e. The highest BCUT2D eigenvalue weighted by molar-refractivity contribution is 5.81. The number of nitrogens with one attached hydrogen (secondary N) is 1. The average molecular weight is 364 g/mol. The zero-order valence-corrected chi connectivity index (χ0v) is 14.8. The van der Waals surface area contributed by atoms with Gasteiger partial charge in [-0.2, -0.15) is 0 Å². The molecule has 1 aliphatic rings. The third-order valence-electron chi connectivity index (χ3n) is 5.16. The Hall–Kier alpha value is -2.79. The number of para-hydroxylation sites is 1. The third-order valence-corrected chi connectivity index (χ3v) is 5.16. The van der Waals surface area contributed by atoms with Gasteiger partial charge < -0.3 is 10.4 Å². The number of benzene rings is 2. The highest BCUT2D eigenvalue weighted by Gasteiger charge is 2.35. The third kappa shape index (κ3) is 3.98. The summed E-state index contributed by atoms with van der Waals surface area (Å²) in [7, 11) is 0. The number of hydrogen-bond acceptors (Lipinski definition) is 3. The highest BCUT2D eigenvalue weighted by atomic mass is 19.1. The van der Waals surface area contributed by atoms with Crippen molar-refractivity contribution in [2.45, 2.75) is 31.4 Å². The molecule has 138 valence electrons. The van der Waals surface area contributed by atoms with Gasteiger partial charge in [0.15, 0.2) is 0 Å². The highest BCUT2D eigenvalue weighted by Crippen LogP contribution is 2.38. The van der Waals surface area contributed by atoms with Gasteiger partial charge in [0.2, 0.25) is 5.91 Å². The van der Waals surface area contributed by atoms with E-state index in [0.29, 0.717) is 18.4 Å². The van der Waals surface area contributed by atoms with Crippen molar-refractivity contribution in [2.24, 2.45) is 5.92 Å². The Balaban J connectivity index is 1.56. The van der Waals surface area contributed by atoms with Crippen molar-refractivity contribution in [3.05, 3.63) is 77.7 Å². The molecule has 2 aromatic carbocycles. The van der Waals surface area contributed by atoms with Crippen molar-refractivity contribution in [3.63, 3.8) is 0 Å². The molecule has 27 heavy (non-hydrogen) atoms. The first-order chi connectivity index (χ1) is 13.1. The number of aliphatic hydroxyl groups is 1. The molecule has 2 N–H and O–H groups in total. The lowest BCUT2D eigenvalue weighted by Gasteiger charge is -2.38. The fourth-order valence-electron chi connectivity index (χ4n) is 3.69. The van der Waals surface area contributed by atoms with Crippen LogP contribution in [0.15, 0.2) is 60.8 Å². The van der Waals surface area contributed by atoms with Crippen LogP contribution in [0.1, 0.15) is 30.0 Å². The smallest absolute Gasteiger partial charge is 0.224 e. The van der Waals surface area contributed by atoms with Crippen LogP contribution in [-0.2, 0) is 11.2 Å². The molecule has 1 aromatic heterocycles. The lowest BCUT2D eigenvalue weighted by atomic mass is 9.75. The van der Waals surface area contributed by atoms with Crippen molar-refractivity contribution in [2.75, 3.05) is 0 Å². The number of aliphatic hydroxyl groups excluding tert-OH is 1. The number of fused-ring (bicyclic) bond motifs is 1. The van der Waals surface area contributed by atoms with Crippen LogP contribution in [-0.4, -0.2) is 22.1 Å². The molecule has 1 unspecified atom stereocenters. The van der Waals surface area contributed by atoms with E-state index < -0.39 is 0 Å². The Morgan fingerprint density at radius 2 is 2.00 bits per heavy atom. The first-order valence-corrected chi connectivity index (χ1v) is 9.15. The van der Waals surface area contributed by atoms with Crippen LogP contribution in [0.25, 0.3) is 10.9 Å². The van der Waals surface area contributed by atoms with E-state index in [-0.39, 0.29) is 36.2 Å². The molecule has 0 spiro atoms. The van der Waals surface area contributed by atoms with Gasteiger partial charge in [0.05, 0.1) is 24.1 Å². The summed E-state index contributed by atoms with van der Waals surface area (Å²) in [5.41, 5.74) is 2.47. The van der Waals surface area contributed by atoms with Gasteiger partial charge in [-0.1, -0.05) is 30.3 Å². The maximum Gasteiger partial charge on any atom is 0.224 e. The summed E-state index contributed by atoms with van der Waals surface area (Å²) >= 11 is 0. The lowest BCUT2D eigenvalue weighted by molar-refractivity contribution is -0.122. The van der Waals surface area contributed by atoms with Crippen molar-refractivity contribution in [1.82, 2.24) is 10.3 Å². The van der Waals surface area contributed by atoms with Gasteiger partial charge in [-0.25, -0.2) is 4.39 Å². The molecule has 1 amide bonds. The molecule has 1 atom stereocenters. The molecule has 1 saturated carbocycles. The van der Waals surface area contributed by atoms with Gasteiger partial charge in [-0.05, 0) is 54.2 Å². The molecule has 1 fully saturated rings. The van der Waals surface area contributed by atoms with E-state index in [1.165, 1.54) is 12.1 Å². The quantitative estimate of drug-likeness (QED) is 0.728. The maximum absolute atomic E-state index is 13.4. The van der Waals surface area contributed by atoms with Gasteiger partial charge in [0, 0.05) is 11.6 Å². The van der Waals surface area contributed by atoms with Gasteiger partial charge in [-0.3, -0.25) is 9.78 Å². The van der Waals surface area contributed by atoms with E-state index in [0.717, 1.165) is 16.5 Å². The van der Waals surface area contributed by atoms with Gasteiger partial charge in [-0.15, -0.1) is 0 Å². The Bertz CT molecular complexity index is 969. The van der Waals surface area contributed by atoms with Crippen molar-refractivity contribution >= 4 is 16.8 Å². The second kappa shape index (κ2) is 7.45. The van der Waals surface area contributed by atoms with E-state index >= 15 is 0 Å². The lowest BCUT2D eigenvalue weighted by Crippen LogP contribution is -2.42. The minimum Gasteiger partial charge on any atom is -0.393 e. The summed E-state index contributed by atoms with van der Waals surface area (Å²) < 4.78 is 13.4. The number of amides is 1. The second-order valence-electron chi connectivity index (χ2n) is 7.20. The summed E-state index contributed by atoms with van der Waals surface area (Å²) in [6.07, 6.45) is 2.89. The van der Waals surface area contributed by atoms with Crippen molar-refractivity contribution in [3.8, 4) is 0 Å². The Morgan fingerprint density at radius 3 is 2.78 bits per heavy atom. The topological polar surface area (TPSA) is 62.2 Å². The molecule has 1 aliphatic carbocycles. The van der Waals surface area contributed by atoms with Crippen LogP contribution in [0, 0.1) is 11.7 Å². The molecule has 1 heterocycles. The molecule has 0 bridgehead atoms. The summed E-state index contributed by atoms with van der Waals surface area (Å²) in [6.45, 7) is 0. The van der Waals surface area contributed by atoms with E-state index in [1.54, 1.807) is 18.3 Å². The monoisotopic (exact) mass is 364 g/mol. The van der Waals surface area contributed by atoms with Crippen LogP contribution < -0.4 is 5.32 Å². The SMILES string of the molecule is O=C(Cc1cccc(F)c1)NC(c1cnc2ccccc2c1)C1CC(O)C1. The maximum atomic E-state index is 13.4. The number of aromatic nitrogens is 1. The Labute approximate surface area is 157 Å². The van der Waals surface area contributed by atoms with Crippen molar-refractivity contribution < 1.29 is 14.3 Å². The molecule has 0 aliphatic heterocycles. The number of nitrogens with zero attached hydrogens (tertiary/aromatic N) is 1. The number of halogens is 1. The van der Waals surface area contributed by atoms with E-state index in [9.17, 15) is 14.3 Å². The number of carbonyl (C=O) groups is 1. The predicted octanol–water partition coefficient (Wildman–Crippen LogP) is 3.54. The van der Waals surface area contributed by atoms with E-state index in [2.05, 4.69) is 10.3 Å². The van der Waals surface area contributed by atoms with Crippen LogP contribution >= 0.6 is 0 Å². The average Bonchev–Trinajstić information content (AvgIpc) is 2.63. The van der Waals surface area contributed by atoms with Crippen molar-refractivity contribution in [1.29, 1.82) is 0 Å². The van der Waals surface area contributed by atoms with Gasteiger partial charge in [0.1, 0.15) is 5.82 Å². The Morgan fingerprint density at radius 1 is 1.19 bits per heavy atom.